The van der Waals surface area contributed by atoms with Crippen LogP contribution in [0.4, 0.5) is 0 Å². The van der Waals surface area contributed by atoms with Crippen molar-refractivity contribution in [3.05, 3.63) is 117 Å². The first-order valence-corrected chi connectivity index (χ1v) is 35.3. The van der Waals surface area contributed by atoms with Gasteiger partial charge in [0.05, 0.1) is 26.4 Å². The van der Waals surface area contributed by atoms with E-state index in [2.05, 4.69) is 121 Å². The predicted octanol–water partition coefficient (Wildman–Crippen LogP) is 15.0. The summed E-state index contributed by atoms with van der Waals surface area (Å²) >= 11 is 0. The average molecular weight is 1150 g/mol. The lowest BCUT2D eigenvalue weighted by Gasteiger charge is -2.58. The highest BCUT2D eigenvalue weighted by molar-refractivity contribution is 5.50. The van der Waals surface area contributed by atoms with E-state index in [9.17, 15) is 0 Å². The predicted molar refractivity (Wildman–Crippen MR) is 344 cm³/mol. The van der Waals surface area contributed by atoms with E-state index >= 15 is 0 Å². The van der Waals surface area contributed by atoms with Crippen LogP contribution < -0.4 is 18.9 Å². The van der Waals surface area contributed by atoms with Crippen molar-refractivity contribution in [2.24, 2.45) is 23.7 Å². The van der Waals surface area contributed by atoms with Gasteiger partial charge in [0.15, 0.2) is 0 Å². The van der Waals surface area contributed by atoms with Crippen molar-refractivity contribution in [1.82, 2.24) is 19.6 Å². The van der Waals surface area contributed by atoms with Crippen LogP contribution >= 0.6 is 0 Å². The van der Waals surface area contributed by atoms with Crippen LogP contribution in [0.2, 0.25) is 0 Å². The van der Waals surface area contributed by atoms with Crippen LogP contribution in [0.25, 0.3) is 0 Å². The molecule has 12 atom stereocenters. The second kappa shape index (κ2) is 23.1. The van der Waals surface area contributed by atoms with Crippen LogP contribution in [0.3, 0.4) is 0 Å². The highest BCUT2D eigenvalue weighted by Gasteiger charge is 2.57. The molecule has 458 valence electrons. The normalized spacial score (nSPS) is 36.6. The van der Waals surface area contributed by atoms with E-state index < -0.39 is 0 Å². The topological polar surface area (TPSA) is 49.9 Å². The lowest BCUT2D eigenvalue weighted by Crippen LogP contribution is -2.59. The maximum absolute atomic E-state index is 6.24. The molecule has 14 aliphatic rings. The monoisotopic (exact) mass is 1150 g/mol. The molecular formula is C77H106N4O4. The molecule has 0 amide bonds. The molecule has 4 saturated heterocycles. The summed E-state index contributed by atoms with van der Waals surface area (Å²) in [5.74, 6) is 7.86. The molecule has 0 radical (unpaired) electrons. The molecule has 4 aromatic rings. The molecule has 0 aromatic heterocycles. The van der Waals surface area contributed by atoms with Crippen LogP contribution in [0, 0.1) is 23.7 Å². The molecule has 4 aromatic carbocycles. The van der Waals surface area contributed by atoms with Crippen molar-refractivity contribution >= 4 is 0 Å². The number of nitrogens with zero attached hydrogens (tertiary/aromatic N) is 4. The zero-order chi connectivity index (χ0) is 57.7. The fourth-order valence-electron chi connectivity index (χ4n) is 22.2. The lowest BCUT2D eigenvalue weighted by molar-refractivity contribution is 0.00253. The maximum Gasteiger partial charge on any atom is 0.120 e. The zero-order valence-corrected chi connectivity index (χ0v) is 53.5. The Morgan fingerprint density at radius 3 is 0.871 bits per heavy atom. The Morgan fingerprint density at radius 2 is 0.600 bits per heavy atom. The van der Waals surface area contributed by atoms with Gasteiger partial charge in [0.25, 0.3) is 0 Å². The van der Waals surface area contributed by atoms with Gasteiger partial charge in [-0.2, -0.15) is 0 Å². The molecule has 10 fully saturated rings. The summed E-state index contributed by atoms with van der Waals surface area (Å²) in [5, 5.41) is 0. The number of methoxy groups -OCH3 is 2. The average Bonchev–Trinajstić information content (AvgIpc) is 1.33. The minimum atomic E-state index is 0.456. The third kappa shape index (κ3) is 9.94. The van der Waals surface area contributed by atoms with E-state index in [0.29, 0.717) is 33.9 Å². The van der Waals surface area contributed by atoms with Gasteiger partial charge in [-0.3, -0.25) is 0 Å². The smallest absolute Gasteiger partial charge is 0.120 e. The molecule has 10 aliphatic carbocycles. The zero-order valence-electron chi connectivity index (χ0n) is 53.5. The first kappa shape index (κ1) is 57.4. The van der Waals surface area contributed by atoms with Gasteiger partial charge in [-0.05, 0) is 306 Å². The molecular weight excluding hydrogens is 1040 g/mol. The van der Waals surface area contributed by atoms with Crippen molar-refractivity contribution in [2.45, 2.75) is 244 Å². The minimum absolute atomic E-state index is 0.456. The van der Waals surface area contributed by atoms with Crippen molar-refractivity contribution < 1.29 is 18.9 Å². The number of benzene rings is 4. The van der Waals surface area contributed by atoms with Crippen LogP contribution in [-0.2, 0) is 47.3 Å². The first-order chi connectivity index (χ1) is 41.5. The van der Waals surface area contributed by atoms with Crippen molar-refractivity contribution in [3.63, 3.8) is 0 Å². The van der Waals surface area contributed by atoms with Crippen LogP contribution in [-0.4, -0.2) is 125 Å². The second-order valence-electron chi connectivity index (χ2n) is 30.7. The molecule has 8 heteroatoms. The van der Waals surface area contributed by atoms with Gasteiger partial charge >= 0.3 is 0 Å². The van der Waals surface area contributed by atoms with Gasteiger partial charge in [-0.1, -0.05) is 75.6 Å². The lowest BCUT2D eigenvalue weighted by atomic mass is 9.52. The molecule has 6 saturated carbocycles. The summed E-state index contributed by atoms with van der Waals surface area (Å²) < 4.78 is 23.4. The molecule has 0 N–H and O–H groups in total. The van der Waals surface area contributed by atoms with Gasteiger partial charge in [0.1, 0.15) is 23.0 Å². The summed E-state index contributed by atoms with van der Waals surface area (Å²) in [6, 6.07) is 30.9. The first-order valence-electron chi connectivity index (χ1n) is 35.3. The largest absolute Gasteiger partial charge is 0.497 e. The molecule has 18 rings (SSSR count). The number of rotatable bonds is 6. The Hall–Kier alpha value is -4.08. The molecule has 0 unspecified atom stereocenters. The third-order valence-corrected chi connectivity index (χ3v) is 27.0. The fraction of sp³-hybridized carbons (Fsp3) is 0.688. The number of likely N-dealkylation sites (N-methyl/N-ethyl adjacent to an activating group) is 4. The number of hydrogen-bond acceptors (Lipinski definition) is 8. The number of piperidine rings is 4. The molecule has 8 bridgehead atoms. The quantitative estimate of drug-likeness (QED) is 0.189. The van der Waals surface area contributed by atoms with Gasteiger partial charge in [0.2, 0.25) is 0 Å². The SMILES string of the molecule is CN1CC[C@@]23CCCC[C@@H]2[C@@H]1Cc1ccc(OC2CC2)cc13.CN1CC[C@@]23CCCC[C@@H]2[C@@H]1Cc1ccc(OC2CCC2)cc13.COc1ccc2c(c1)[C@]13CCCC[C@@H]1[C@H](C2)N(C)CC3.COc1ccc2c(c1)[C@]13CCCC[C@@H]1[C@H](C2)N(C)CC3. The van der Waals surface area contributed by atoms with E-state index in [1.54, 1.807) is 58.7 Å². The van der Waals surface area contributed by atoms with Gasteiger partial charge < -0.3 is 38.5 Å². The molecule has 85 heavy (non-hydrogen) atoms. The standard InChI is InChI=1S/C21H29NO.C20H27NO.2C18H25NO/c1-22-12-11-21-10-3-2-7-18(21)20(22)13-15-8-9-17(14-19(15)21)23-16-5-4-6-16;1-21-11-10-20-9-3-2-4-17(20)19(21)12-14-5-6-16(13-18(14)20)22-15-7-8-15;2*1-19-10-9-18-8-4-3-5-15(18)17(19)11-13-6-7-14(20-2)12-16(13)18/h8-9,14,16,18,20H,2-7,10-13H2,1H3;5-6,13,15,17,19H,2-4,7-12H2,1H3;2*6-7,12,15,17H,3-5,8-11H2,1-2H3/t18-,20+,21+;17-,19+,20+;2*15-,17+,18+/m1111/s1. The highest BCUT2D eigenvalue weighted by Crippen LogP contribution is 2.60. The number of ether oxygens (including phenoxy) is 4. The van der Waals surface area contributed by atoms with Gasteiger partial charge in [0, 0.05) is 45.8 Å². The minimum Gasteiger partial charge on any atom is -0.497 e. The van der Waals surface area contributed by atoms with E-state index in [1.807, 2.05) is 0 Å². The van der Waals surface area contributed by atoms with Crippen molar-refractivity contribution in [3.8, 4) is 23.0 Å². The Bertz CT molecular complexity index is 2970. The van der Waals surface area contributed by atoms with Crippen LogP contribution in [0.5, 0.6) is 23.0 Å². The van der Waals surface area contributed by atoms with E-state index in [4.69, 9.17) is 18.9 Å². The molecule has 0 spiro atoms. The summed E-state index contributed by atoms with van der Waals surface area (Å²) in [6.07, 6.45) is 40.4. The maximum atomic E-state index is 6.24. The molecule has 8 nitrogen and oxygen atoms in total. The Balaban J connectivity index is 0.0000000963. The van der Waals surface area contributed by atoms with Gasteiger partial charge in [-0.25, -0.2) is 0 Å². The van der Waals surface area contributed by atoms with E-state index in [0.717, 1.165) is 70.8 Å². The summed E-state index contributed by atoms with van der Waals surface area (Å²) in [5.41, 5.74) is 14.8. The van der Waals surface area contributed by atoms with E-state index in [1.165, 1.54) is 212 Å². The highest BCUT2D eigenvalue weighted by atomic mass is 16.5. The van der Waals surface area contributed by atoms with Crippen LogP contribution in [0.15, 0.2) is 72.8 Å². The summed E-state index contributed by atoms with van der Waals surface area (Å²) in [4.78, 5) is 10.5. The Labute approximate surface area is 512 Å². The molecule has 4 aliphatic heterocycles. The van der Waals surface area contributed by atoms with E-state index in [-0.39, 0.29) is 0 Å². The molecule has 4 heterocycles. The summed E-state index contributed by atoms with van der Waals surface area (Å²) in [6.45, 7) is 5.07. The Kier molecular flexibility index (Phi) is 15.6. The Morgan fingerprint density at radius 1 is 0.318 bits per heavy atom. The third-order valence-electron chi connectivity index (χ3n) is 27.0. The number of fused-ring (bicyclic) bond motifs is 4. The second-order valence-corrected chi connectivity index (χ2v) is 30.7. The summed E-state index contributed by atoms with van der Waals surface area (Å²) in [7, 11) is 12.9. The van der Waals surface area contributed by atoms with Gasteiger partial charge in [-0.15, -0.1) is 0 Å². The fourth-order valence-corrected chi connectivity index (χ4v) is 22.2. The number of hydrogen-bond donors (Lipinski definition) is 0. The van der Waals surface area contributed by atoms with Crippen LogP contribution in [0.1, 0.15) is 205 Å². The van der Waals surface area contributed by atoms with Crippen molar-refractivity contribution in [1.29, 1.82) is 0 Å². The number of likely N-dealkylation sites (tertiary alicyclic amines) is 4. The van der Waals surface area contributed by atoms with Crippen molar-refractivity contribution in [2.75, 3.05) is 68.6 Å².